The Bertz CT molecular complexity index is 510. The molecule has 2 rings (SSSR count). The Labute approximate surface area is 129 Å². The van der Waals surface area contributed by atoms with E-state index < -0.39 is 30.3 Å². The minimum atomic E-state index is -1.03. The van der Waals surface area contributed by atoms with Gasteiger partial charge < -0.3 is 25.8 Å². The summed E-state index contributed by atoms with van der Waals surface area (Å²) in [5, 5.41) is 28.5. The number of aryl methyl sites for hydroxylation is 1. The maximum Gasteiger partial charge on any atom is 0.254 e. The zero-order chi connectivity index (χ0) is 16.1. The van der Waals surface area contributed by atoms with E-state index in [1.165, 1.54) is 0 Å². The van der Waals surface area contributed by atoms with Crippen LogP contribution in [0.1, 0.15) is 29.6 Å². The van der Waals surface area contributed by atoms with Crippen molar-refractivity contribution in [3.63, 3.8) is 0 Å². The van der Waals surface area contributed by atoms with Crippen molar-refractivity contribution >= 4 is 5.91 Å². The second kappa shape index (κ2) is 7.64. The summed E-state index contributed by atoms with van der Waals surface area (Å²) in [5.74, 6) is -0.458. The summed E-state index contributed by atoms with van der Waals surface area (Å²) in [4.78, 5) is 11.1. The number of aliphatic hydroxyl groups is 3. The van der Waals surface area contributed by atoms with Gasteiger partial charge in [-0.25, -0.2) is 4.57 Å². The van der Waals surface area contributed by atoms with E-state index in [2.05, 4.69) is 0 Å². The van der Waals surface area contributed by atoms with Crippen molar-refractivity contribution in [2.45, 2.75) is 50.2 Å². The van der Waals surface area contributed by atoms with Crippen LogP contribution in [0.5, 0.6) is 0 Å². The largest absolute Gasteiger partial charge is 0.394 e. The zero-order valence-electron chi connectivity index (χ0n) is 12.3. The van der Waals surface area contributed by atoms with Gasteiger partial charge in [0.15, 0.2) is 12.4 Å². The lowest BCUT2D eigenvalue weighted by atomic mass is 10.0. The SMILES string of the molecule is NC(=O)c1ccc[n+](CCCCC2O[C@H](CO)[C@@H](O)[C@H]2O)c1. The molecule has 1 amide bonds. The summed E-state index contributed by atoms with van der Waals surface area (Å²) >= 11 is 0. The molecular formula is C15H23N2O5+. The summed E-state index contributed by atoms with van der Waals surface area (Å²) in [6.07, 6.45) is 2.65. The number of unbranched alkanes of at least 4 members (excludes halogenated alkanes) is 1. The van der Waals surface area contributed by atoms with Gasteiger partial charge in [-0.1, -0.05) is 0 Å². The number of carbonyl (C=O) groups is 1. The molecule has 2 heterocycles. The molecule has 0 radical (unpaired) electrons. The highest BCUT2D eigenvalue weighted by molar-refractivity contribution is 5.92. The summed E-state index contributed by atoms with van der Waals surface area (Å²) in [7, 11) is 0. The number of amides is 1. The van der Waals surface area contributed by atoms with Crippen molar-refractivity contribution in [3.8, 4) is 0 Å². The average Bonchev–Trinajstić information content (AvgIpc) is 2.79. The third-order valence-electron chi connectivity index (χ3n) is 3.94. The van der Waals surface area contributed by atoms with Crippen LogP contribution in [0.15, 0.2) is 24.5 Å². The van der Waals surface area contributed by atoms with E-state index in [4.69, 9.17) is 15.6 Å². The van der Waals surface area contributed by atoms with Crippen molar-refractivity contribution in [2.75, 3.05) is 6.61 Å². The van der Waals surface area contributed by atoms with Crippen LogP contribution in [0, 0.1) is 0 Å². The number of pyridine rings is 1. The molecule has 22 heavy (non-hydrogen) atoms. The number of aliphatic hydroxyl groups excluding tert-OH is 3. The first-order chi connectivity index (χ1) is 10.5. The third-order valence-corrected chi connectivity index (χ3v) is 3.94. The minimum absolute atomic E-state index is 0.301. The van der Waals surface area contributed by atoms with E-state index >= 15 is 0 Å². The number of aromatic nitrogens is 1. The molecule has 1 aliphatic rings. The average molecular weight is 311 g/mol. The third kappa shape index (κ3) is 4.01. The molecule has 7 nitrogen and oxygen atoms in total. The van der Waals surface area contributed by atoms with Crippen LogP contribution < -0.4 is 10.3 Å². The van der Waals surface area contributed by atoms with Crippen LogP contribution in [-0.4, -0.2) is 52.2 Å². The lowest BCUT2D eigenvalue weighted by molar-refractivity contribution is -0.697. The normalized spacial score (nSPS) is 28.0. The number of ether oxygens (including phenoxy) is 1. The topological polar surface area (TPSA) is 117 Å². The molecule has 0 spiro atoms. The van der Waals surface area contributed by atoms with E-state index in [9.17, 15) is 15.0 Å². The Kier molecular flexibility index (Phi) is 5.84. The molecule has 0 bridgehead atoms. The van der Waals surface area contributed by atoms with Crippen LogP contribution in [0.4, 0.5) is 0 Å². The first-order valence-electron chi connectivity index (χ1n) is 7.44. The summed E-state index contributed by atoms with van der Waals surface area (Å²) < 4.78 is 7.31. The Morgan fingerprint density at radius 2 is 2.00 bits per heavy atom. The Morgan fingerprint density at radius 1 is 1.27 bits per heavy atom. The number of rotatable bonds is 7. The molecule has 1 aromatic rings. The Balaban J connectivity index is 1.76. The van der Waals surface area contributed by atoms with E-state index in [0.717, 1.165) is 19.4 Å². The molecule has 0 aliphatic carbocycles. The number of hydrogen-bond acceptors (Lipinski definition) is 5. The highest BCUT2D eigenvalue weighted by atomic mass is 16.6. The standard InChI is InChI=1S/C15H22N2O5/c16-15(21)10-4-3-7-17(8-10)6-2-1-5-11-13(19)14(20)12(9-18)22-11/h3-4,7-8,11-14,18-20H,1-2,5-6,9H2,(H-,16,21)/p+1/t11?,12-,13+,14-/m1/s1. The monoisotopic (exact) mass is 311 g/mol. The molecule has 1 aromatic heterocycles. The minimum Gasteiger partial charge on any atom is -0.394 e. The van der Waals surface area contributed by atoms with Gasteiger partial charge in [0.2, 0.25) is 0 Å². The van der Waals surface area contributed by atoms with E-state index in [0.29, 0.717) is 12.0 Å². The quantitative estimate of drug-likeness (QED) is 0.370. The van der Waals surface area contributed by atoms with Gasteiger partial charge in [0, 0.05) is 12.5 Å². The van der Waals surface area contributed by atoms with E-state index in [1.807, 2.05) is 10.8 Å². The molecule has 1 unspecified atom stereocenters. The van der Waals surface area contributed by atoms with Crippen molar-refractivity contribution in [2.24, 2.45) is 5.73 Å². The highest BCUT2D eigenvalue weighted by Gasteiger charge is 2.41. The predicted molar refractivity (Wildman–Crippen MR) is 76.8 cm³/mol. The molecule has 7 heteroatoms. The number of carbonyl (C=O) groups excluding carboxylic acids is 1. The van der Waals surface area contributed by atoms with Gasteiger partial charge in [0.25, 0.3) is 5.91 Å². The van der Waals surface area contributed by atoms with Gasteiger partial charge in [-0.15, -0.1) is 0 Å². The molecule has 122 valence electrons. The van der Waals surface area contributed by atoms with Gasteiger partial charge in [0.1, 0.15) is 30.4 Å². The Hall–Kier alpha value is -1.54. The summed E-state index contributed by atoms with van der Waals surface area (Å²) in [6, 6.07) is 3.43. The van der Waals surface area contributed by atoms with Crippen LogP contribution in [-0.2, 0) is 11.3 Å². The van der Waals surface area contributed by atoms with Crippen LogP contribution in [0.25, 0.3) is 0 Å². The van der Waals surface area contributed by atoms with Crippen molar-refractivity contribution in [3.05, 3.63) is 30.1 Å². The lowest BCUT2D eigenvalue weighted by Crippen LogP contribution is -2.35. The number of nitrogens with two attached hydrogens (primary N) is 1. The maximum absolute atomic E-state index is 11.1. The van der Waals surface area contributed by atoms with Gasteiger partial charge >= 0.3 is 0 Å². The number of hydrogen-bond donors (Lipinski definition) is 4. The predicted octanol–water partition coefficient (Wildman–Crippen LogP) is -1.28. The maximum atomic E-state index is 11.1. The van der Waals surface area contributed by atoms with Gasteiger partial charge in [-0.2, -0.15) is 0 Å². The smallest absolute Gasteiger partial charge is 0.254 e. The Morgan fingerprint density at radius 3 is 2.64 bits per heavy atom. The fourth-order valence-electron chi connectivity index (χ4n) is 2.66. The molecule has 0 saturated carbocycles. The molecular weight excluding hydrogens is 288 g/mol. The lowest BCUT2D eigenvalue weighted by Gasteiger charge is -2.13. The summed E-state index contributed by atoms with van der Waals surface area (Å²) in [5.41, 5.74) is 5.70. The molecule has 1 saturated heterocycles. The molecule has 1 fully saturated rings. The molecule has 1 aliphatic heterocycles. The fraction of sp³-hybridized carbons (Fsp3) is 0.600. The first kappa shape index (κ1) is 16.8. The van der Waals surface area contributed by atoms with Crippen molar-refractivity contribution in [1.29, 1.82) is 0 Å². The van der Waals surface area contributed by atoms with Crippen molar-refractivity contribution in [1.82, 2.24) is 0 Å². The number of primary amides is 1. The fourth-order valence-corrected chi connectivity index (χ4v) is 2.66. The molecule has 4 atom stereocenters. The van der Waals surface area contributed by atoms with Crippen molar-refractivity contribution < 1.29 is 29.4 Å². The van der Waals surface area contributed by atoms with Crippen LogP contribution in [0.3, 0.4) is 0 Å². The van der Waals surface area contributed by atoms with Gasteiger partial charge in [-0.3, -0.25) is 4.79 Å². The summed E-state index contributed by atoms with van der Waals surface area (Å²) in [6.45, 7) is 0.417. The van der Waals surface area contributed by atoms with E-state index in [1.54, 1.807) is 18.3 Å². The highest BCUT2D eigenvalue weighted by Crippen LogP contribution is 2.24. The molecule has 0 aromatic carbocycles. The molecule has 5 N–H and O–H groups in total. The zero-order valence-corrected chi connectivity index (χ0v) is 12.3. The number of nitrogens with zero attached hydrogens (tertiary/aromatic N) is 1. The second-order valence-electron chi connectivity index (χ2n) is 5.57. The second-order valence-corrected chi connectivity index (χ2v) is 5.57. The van der Waals surface area contributed by atoms with E-state index in [-0.39, 0.29) is 6.61 Å². The first-order valence-corrected chi connectivity index (χ1v) is 7.44. The van der Waals surface area contributed by atoms with Crippen LogP contribution >= 0.6 is 0 Å². The van der Waals surface area contributed by atoms with Gasteiger partial charge in [-0.05, 0) is 18.9 Å². The van der Waals surface area contributed by atoms with Crippen LogP contribution in [0.2, 0.25) is 0 Å². The van der Waals surface area contributed by atoms with Gasteiger partial charge in [0.05, 0.1) is 12.7 Å².